The summed E-state index contributed by atoms with van der Waals surface area (Å²) in [5.74, 6) is -1.05. The van der Waals surface area contributed by atoms with E-state index in [-0.39, 0.29) is 16.1 Å². The van der Waals surface area contributed by atoms with Gasteiger partial charge >= 0.3 is 0 Å². The highest BCUT2D eigenvalue weighted by Gasteiger charge is 2.14. The first kappa shape index (κ1) is 16.0. The van der Waals surface area contributed by atoms with E-state index in [1.807, 2.05) is 13.8 Å². The predicted octanol–water partition coefficient (Wildman–Crippen LogP) is 1.97. The molecule has 22 heavy (non-hydrogen) atoms. The van der Waals surface area contributed by atoms with Gasteiger partial charge in [-0.1, -0.05) is 38.1 Å². The molecule has 0 aromatic heterocycles. The maximum Gasteiger partial charge on any atom is 0.261 e. The predicted molar refractivity (Wildman–Crippen MR) is 82.1 cm³/mol. The second-order valence-corrected chi connectivity index (χ2v) is 6.88. The molecule has 6 heteroatoms. The van der Waals surface area contributed by atoms with Gasteiger partial charge in [0.25, 0.3) is 10.0 Å². The molecule has 0 radical (unpaired) electrons. The first-order chi connectivity index (χ1) is 10.3. The van der Waals surface area contributed by atoms with Crippen molar-refractivity contribution in [3.8, 4) is 0 Å². The zero-order chi connectivity index (χ0) is 16.3. The van der Waals surface area contributed by atoms with Crippen molar-refractivity contribution in [2.45, 2.75) is 24.7 Å². The zero-order valence-electron chi connectivity index (χ0n) is 12.2. The van der Waals surface area contributed by atoms with Crippen molar-refractivity contribution in [3.63, 3.8) is 0 Å². The summed E-state index contributed by atoms with van der Waals surface area (Å²) in [6.45, 7) is 4.04. The monoisotopic (exact) mass is 318 g/mol. The molecule has 1 N–H and O–H groups in total. The number of benzene rings is 2. The molecule has 0 atom stereocenters. The Morgan fingerprint density at radius 2 is 1.73 bits per heavy atom. The Bertz CT molecular complexity index is 780. The molecule has 0 saturated carbocycles. The smallest absolute Gasteiger partial charge is 0.261 e. The Hall–Kier alpha value is -2.34. The Morgan fingerprint density at radius 1 is 1.09 bits per heavy atom. The maximum absolute atomic E-state index is 12.3. The Morgan fingerprint density at radius 3 is 2.27 bits per heavy atom. The molecule has 0 aliphatic carbocycles. The van der Waals surface area contributed by atoms with Crippen LogP contribution in [0.4, 0.5) is 5.69 Å². The second kappa shape index (κ2) is 6.19. The van der Waals surface area contributed by atoms with Gasteiger partial charge in [0.15, 0.2) is 0 Å². The van der Waals surface area contributed by atoms with Crippen LogP contribution in [-0.2, 0) is 10.0 Å². The Balaban J connectivity index is 2.27. The van der Waals surface area contributed by atoms with Crippen LogP contribution in [0.3, 0.4) is 0 Å². The highest BCUT2D eigenvalue weighted by molar-refractivity contribution is 7.92. The van der Waals surface area contributed by atoms with Gasteiger partial charge < -0.3 is 9.90 Å². The lowest BCUT2D eigenvalue weighted by Crippen LogP contribution is -2.22. The quantitative estimate of drug-likeness (QED) is 0.913. The molecule has 2 rings (SSSR count). The van der Waals surface area contributed by atoms with Crippen LogP contribution in [0.1, 0.15) is 35.7 Å². The van der Waals surface area contributed by atoms with E-state index in [0.717, 1.165) is 5.56 Å². The number of carboxylic acids is 1. The van der Waals surface area contributed by atoms with Gasteiger partial charge in [-0.15, -0.1) is 0 Å². The summed E-state index contributed by atoms with van der Waals surface area (Å²) in [5.41, 5.74) is 1.13. The highest BCUT2D eigenvalue weighted by Crippen LogP contribution is 2.20. The van der Waals surface area contributed by atoms with Gasteiger partial charge in [-0.05, 0) is 41.3 Å². The minimum Gasteiger partial charge on any atom is -0.545 e. The molecule has 0 aliphatic heterocycles. The molecule has 0 fully saturated rings. The molecule has 0 heterocycles. The Labute approximate surface area is 129 Å². The number of rotatable bonds is 5. The summed E-state index contributed by atoms with van der Waals surface area (Å²) in [4.78, 5) is 10.9. The van der Waals surface area contributed by atoms with E-state index in [9.17, 15) is 18.3 Å². The fraction of sp³-hybridized carbons (Fsp3) is 0.188. The first-order valence-corrected chi connectivity index (χ1v) is 8.22. The fourth-order valence-electron chi connectivity index (χ4n) is 1.96. The number of carboxylic acid groups (broad SMARTS) is 1. The van der Waals surface area contributed by atoms with Crippen LogP contribution in [0.15, 0.2) is 53.4 Å². The van der Waals surface area contributed by atoms with Crippen LogP contribution in [0, 0.1) is 0 Å². The number of hydrogen-bond donors (Lipinski definition) is 1. The lowest BCUT2D eigenvalue weighted by molar-refractivity contribution is -0.255. The third-order valence-corrected chi connectivity index (χ3v) is 4.60. The molecule has 2 aromatic rings. The van der Waals surface area contributed by atoms with Crippen LogP contribution in [0.2, 0.25) is 0 Å². The molecule has 0 amide bonds. The standard InChI is InChI=1S/C16H17NO4S/c1-11(2)12-6-8-15(9-7-12)22(20,21)17-14-5-3-4-13(10-14)16(18)19/h3-11,17H,1-2H3,(H,18,19)/p-1. The lowest BCUT2D eigenvalue weighted by atomic mass is 10.0. The summed E-state index contributed by atoms with van der Waals surface area (Å²) in [6, 6.07) is 12.1. The Kier molecular flexibility index (Phi) is 4.51. The first-order valence-electron chi connectivity index (χ1n) is 6.74. The average molecular weight is 318 g/mol. The van der Waals surface area contributed by atoms with Gasteiger partial charge in [-0.3, -0.25) is 4.72 Å². The molecule has 0 saturated heterocycles. The van der Waals surface area contributed by atoms with Crippen molar-refractivity contribution in [1.29, 1.82) is 0 Å². The van der Waals surface area contributed by atoms with Crippen LogP contribution < -0.4 is 9.83 Å². The van der Waals surface area contributed by atoms with Gasteiger partial charge in [0.2, 0.25) is 0 Å². The SMILES string of the molecule is CC(C)c1ccc(S(=O)(=O)Nc2cccc(C(=O)[O-])c2)cc1. The molecular formula is C16H16NO4S-. The minimum absolute atomic E-state index is 0.0876. The largest absolute Gasteiger partial charge is 0.545 e. The number of carbonyl (C=O) groups is 1. The normalized spacial score (nSPS) is 11.4. The van der Waals surface area contributed by atoms with Gasteiger partial charge in [0, 0.05) is 5.69 Å². The van der Waals surface area contributed by atoms with Crippen molar-refractivity contribution < 1.29 is 18.3 Å². The van der Waals surface area contributed by atoms with Crippen LogP contribution in [0.5, 0.6) is 0 Å². The van der Waals surface area contributed by atoms with Crippen molar-refractivity contribution in [2.24, 2.45) is 0 Å². The maximum atomic E-state index is 12.3. The van der Waals surface area contributed by atoms with E-state index < -0.39 is 16.0 Å². The summed E-state index contributed by atoms with van der Waals surface area (Å²) in [7, 11) is -3.76. The van der Waals surface area contributed by atoms with E-state index >= 15 is 0 Å². The summed E-state index contributed by atoms with van der Waals surface area (Å²) in [5, 5.41) is 10.8. The van der Waals surface area contributed by atoms with Gasteiger partial charge in [-0.2, -0.15) is 0 Å². The number of anilines is 1. The van der Waals surface area contributed by atoms with E-state index in [0.29, 0.717) is 5.92 Å². The third-order valence-electron chi connectivity index (χ3n) is 3.21. The van der Waals surface area contributed by atoms with Crippen molar-refractivity contribution >= 4 is 21.7 Å². The van der Waals surface area contributed by atoms with Crippen LogP contribution >= 0.6 is 0 Å². The number of sulfonamides is 1. The lowest BCUT2D eigenvalue weighted by Gasteiger charge is -2.11. The molecular weight excluding hydrogens is 302 g/mol. The van der Waals surface area contributed by atoms with Crippen LogP contribution in [-0.4, -0.2) is 14.4 Å². The topological polar surface area (TPSA) is 86.3 Å². The minimum atomic E-state index is -3.76. The number of carbonyl (C=O) groups excluding carboxylic acids is 1. The average Bonchev–Trinajstić information content (AvgIpc) is 2.47. The number of aromatic carboxylic acids is 1. The van der Waals surface area contributed by atoms with E-state index in [1.54, 1.807) is 12.1 Å². The molecule has 0 spiro atoms. The second-order valence-electron chi connectivity index (χ2n) is 5.20. The van der Waals surface area contributed by atoms with E-state index in [1.165, 1.54) is 36.4 Å². The molecule has 5 nitrogen and oxygen atoms in total. The van der Waals surface area contributed by atoms with E-state index in [4.69, 9.17) is 0 Å². The van der Waals surface area contributed by atoms with Gasteiger partial charge in [0.1, 0.15) is 0 Å². The summed E-state index contributed by atoms with van der Waals surface area (Å²) in [6.07, 6.45) is 0. The fourth-order valence-corrected chi connectivity index (χ4v) is 3.01. The summed E-state index contributed by atoms with van der Waals surface area (Å²) < 4.78 is 26.9. The van der Waals surface area contributed by atoms with Crippen LogP contribution in [0.25, 0.3) is 0 Å². The van der Waals surface area contributed by atoms with Gasteiger partial charge in [0.05, 0.1) is 10.9 Å². The van der Waals surface area contributed by atoms with Crippen molar-refractivity contribution in [2.75, 3.05) is 4.72 Å². The van der Waals surface area contributed by atoms with Crippen molar-refractivity contribution in [3.05, 3.63) is 59.7 Å². The van der Waals surface area contributed by atoms with Gasteiger partial charge in [-0.25, -0.2) is 8.42 Å². The highest BCUT2D eigenvalue weighted by atomic mass is 32.2. The summed E-state index contributed by atoms with van der Waals surface area (Å²) >= 11 is 0. The van der Waals surface area contributed by atoms with Crippen molar-refractivity contribution in [1.82, 2.24) is 0 Å². The molecule has 0 bridgehead atoms. The van der Waals surface area contributed by atoms with E-state index in [2.05, 4.69) is 4.72 Å². The number of hydrogen-bond acceptors (Lipinski definition) is 4. The molecule has 0 unspecified atom stereocenters. The number of nitrogens with one attached hydrogen (secondary N) is 1. The molecule has 2 aromatic carbocycles. The zero-order valence-corrected chi connectivity index (χ0v) is 13.1. The molecule has 0 aliphatic rings. The molecule has 116 valence electrons. The third kappa shape index (κ3) is 3.65.